The number of ether oxygens (including phenoxy) is 4. The first-order valence-electron chi connectivity index (χ1n) is 16.7. The topological polar surface area (TPSA) is 203 Å². The van der Waals surface area contributed by atoms with Gasteiger partial charge in [-0.3, -0.25) is 9.59 Å². The molecule has 0 saturated carbocycles. The Bertz CT molecular complexity index is 1530. The van der Waals surface area contributed by atoms with Crippen LogP contribution in [0.1, 0.15) is 73.6 Å². The first-order valence-corrected chi connectivity index (χ1v) is 16.7. The van der Waals surface area contributed by atoms with Crippen molar-refractivity contribution < 1.29 is 38.1 Å². The van der Waals surface area contributed by atoms with Crippen LogP contribution in [0.5, 0.6) is 11.5 Å². The van der Waals surface area contributed by atoms with Crippen molar-refractivity contribution in [1.29, 1.82) is 0 Å². The number of carbonyl (C=O) groups excluding carboxylic acids is 4. The quantitative estimate of drug-likeness (QED) is 0.115. The highest BCUT2D eigenvalue weighted by atomic mass is 16.6. The van der Waals surface area contributed by atoms with Crippen LogP contribution in [-0.4, -0.2) is 85.6 Å². The van der Waals surface area contributed by atoms with E-state index < -0.39 is 35.2 Å². The predicted octanol–water partition coefficient (Wildman–Crippen LogP) is 4.23. The largest absolute Gasteiger partial charge is 0.497 e. The molecule has 0 aliphatic heterocycles. The Morgan fingerprint density at radius 3 is 1.17 bits per heavy atom. The molecule has 6 N–H and O–H groups in total. The summed E-state index contributed by atoms with van der Waals surface area (Å²) in [6.07, 6.45) is -1.24. The van der Waals surface area contributed by atoms with Gasteiger partial charge in [-0.2, -0.15) is 0 Å². The van der Waals surface area contributed by atoms with Crippen LogP contribution < -0.4 is 41.4 Å². The lowest BCUT2D eigenvalue weighted by molar-refractivity contribution is 0.0516. The number of hydrogen-bond donors (Lipinski definition) is 6. The molecule has 0 unspecified atom stereocenters. The highest BCUT2D eigenvalue weighted by Crippen LogP contribution is 2.22. The summed E-state index contributed by atoms with van der Waals surface area (Å²) >= 11 is 0. The smallest absolute Gasteiger partial charge is 0.407 e. The molecule has 2 aromatic carbocycles. The summed E-state index contributed by atoms with van der Waals surface area (Å²) in [4.78, 5) is 60.5. The number of benzene rings is 2. The Hall–Kier alpha value is -5.80. The van der Waals surface area contributed by atoms with Crippen molar-refractivity contribution >= 4 is 35.6 Å². The fraction of sp³-hybridized carbons (Fsp3) is 0.444. The van der Waals surface area contributed by atoms with E-state index in [1.807, 2.05) is 24.3 Å². The zero-order valence-corrected chi connectivity index (χ0v) is 31.0. The highest BCUT2D eigenvalue weighted by molar-refractivity contribution is 6.01. The third-order valence-corrected chi connectivity index (χ3v) is 6.72. The zero-order chi connectivity index (χ0) is 38.3. The Balaban J connectivity index is 1.89. The molecule has 1 heterocycles. The van der Waals surface area contributed by atoms with E-state index in [0.29, 0.717) is 11.5 Å². The number of rotatable bonds is 16. The summed E-state index contributed by atoms with van der Waals surface area (Å²) in [5.41, 5.74) is 0.154. The van der Waals surface area contributed by atoms with Gasteiger partial charge in [0.1, 0.15) is 22.7 Å². The third kappa shape index (κ3) is 14.2. The average Bonchev–Trinajstić information content (AvgIpc) is 3.08. The maximum Gasteiger partial charge on any atom is 0.407 e. The van der Waals surface area contributed by atoms with E-state index in [4.69, 9.17) is 18.9 Å². The predicted molar refractivity (Wildman–Crippen MR) is 196 cm³/mol. The number of aromatic nitrogens is 2. The van der Waals surface area contributed by atoms with Crippen LogP contribution in [-0.2, 0) is 22.6 Å². The van der Waals surface area contributed by atoms with Crippen molar-refractivity contribution in [3.63, 3.8) is 0 Å². The van der Waals surface area contributed by atoms with Crippen molar-refractivity contribution in [2.24, 2.45) is 0 Å². The van der Waals surface area contributed by atoms with Crippen LogP contribution in [0, 0.1) is 0 Å². The fourth-order valence-corrected chi connectivity index (χ4v) is 4.33. The standard InChI is InChI=1S/C36H50N8O8/c1-35(2,3)51-33(47)39-19-17-37-31(45)27-29(41-21-23-9-13-25(49-7)14-10-23)44-28(32(46)38-18-20-40-34(48)52-36(4,5)6)30(43-27)42-22-24-11-15-26(50-8)16-12-24/h9-16H,17-22H2,1-8H3,(H,37,45)(H,38,46)(H,39,47)(H,40,48)(H,42,43)(H,41,44). The second kappa shape index (κ2) is 19.0. The molecule has 0 spiro atoms. The van der Waals surface area contributed by atoms with E-state index in [1.54, 1.807) is 80.0 Å². The van der Waals surface area contributed by atoms with Crippen molar-refractivity contribution in [3.05, 3.63) is 71.0 Å². The average molecular weight is 723 g/mol. The van der Waals surface area contributed by atoms with Crippen molar-refractivity contribution in [3.8, 4) is 11.5 Å². The first kappa shape index (κ1) is 40.6. The lowest BCUT2D eigenvalue weighted by Gasteiger charge is -2.20. The summed E-state index contributed by atoms with van der Waals surface area (Å²) in [5.74, 6) is 0.237. The van der Waals surface area contributed by atoms with Crippen LogP contribution in [0.2, 0.25) is 0 Å². The Labute approximate surface area is 304 Å². The molecular weight excluding hydrogens is 672 g/mol. The molecular formula is C36H50N8O8. The minimum Gasteiger partial charge on any atom is -0.497 e. The number of nitrogens with one attached hydrogen (secondary N) is 6. The molecule has 0 saturated heterocycles. The Kier molecular flexibility index (Phi) is 14.8. The molecule has 0 aliphatic carbocycles. The first-order chi connectivity index (χ1) is 24.6. The van der Waals surface area contributed by atoms with E-state index in [1.165, 1.54) is 0 Å². The molecule has 3 aromatic rings. The zero-order valence-electron chi connectivity index (χ0n) is 31.0. The minimum absolute atomic E-state index is 0.0421. The van der Waals surface area contributed by atoms with Crippen molar-refractivity contribution in [1.82, 2.24) is 31.2 Å². The lowest BCUT2D eigenvalue weighted by Crippen LogP contribution is -2.39. The second-order valence-corrected chi connectivity index (χ2v) is 13.4. The molecule has 16 heteroatoms. The summed E-state index contributed by atoms with van der Waals surface area (Å²) in [7, 11) is 3.14. The molecule has 4 amide bonds. The van der Waals surface area contributed by atoms with Crippen LogP contribution in [0.15, 0.2) is 48.5 Å². The third-order valence-electron chi connectivity index (χ3n) is 6.72. The highest BCUT2D eigenvalue weighted by Gasteiger charge is 2.24. The molecule has 0 aliphatic rings. The van der Waals surface area contributed by atoms with Gasteiger partial charge in [0.15, 0.2) is 23.0 Å². The number of alkyl carbamates (subject to hydrolysis) is 2. The van der Waals surface area contributed by atoms with E-state index in [9.17, 15) is 19.2 Å². The number of nitrogens with zero attached hydrogens (tertiary/aromatic N) is 2. The summed E-state index contributed by atoms with van der Waals surface area (Å²) in [6.45, 7) is 11.2. The van der Waals surface area contributed by atoms with E-state index in [2.05, 4.69) is 41.9 Å². The maximum absolute atomic E-state index is 13.6. The Morgan fingerprint density at radius 2 is 0.865 bits per heavy atom. The van der Waals surface area contributed by atoms with E-state index in [-0.39, 0.29) is 62.3 Å². The molecule has 0 bridgehead atoms. The number of anilines is 2. The van der Waals surface area contributed by atoms with Gasteiger partial charge in [0.2, 0.25) is 0 Å². The minimum atomic E-state index is -0.675. The van der Waals surface area contributed by atoms with Gasteiger partial charge in [0.05, 0.1) is 14.2 Å². The molecule has 0 atom stereocenters. The number of hydrogen-bond acceptors (Lipinski definition) is 12. The van der Waals surface area contributed by atoms with Gasteiger partial charge < -0.3 is 50.8 Å². The maximum atomic E-state index is 13.6. The summed E-state index contributed by atoms with van der Waals surface area (Å²) < 4.78 is 21.0. The van der Waals surface area contributed by atoms with Crippen molar-refractivity contribution in [2.45, 2.75) is 65.8 Å². The van der Waals surface area contributed by atoms with Gasteiger partial charge in [-0.25, -0.2) is 19.6 Å². The van der Waals surface area contributed by atoms with Crippen LogP contribution in [0.25, 0.3) is 0 Å². The van der Waals surface area contributed by atoms with Crippen LogP contribution in [0.4, 0.5) is 21.2 Å². The van der Waals surface area contributed by atoms with Gasteiger partial charge in [0, 0.05) is 39.3 Å². The van der Waals surface area contributed by atoms with Crippen molar-refractivity contribution in [2.75, 3.05) is 51.0 Å². The molecule has 3 rings (SSSR count). The second-order valence-electron chi connectivity index (χ2n) is 13.4. The summed E-state index contributed by atoms with van der Waals surface area (Å²) in [6, 6.07) is 14.6. The van der Waals surface area contributed by atoms with Gasteiger partial charge in [-0.15, -0.1) is 0 Å². The molecule has 1 aromatic heterocycles. The molecule has 0 fully saturated rings. The normalized spacial score (nSPS) is 11.1. The molecule has 16 nitrogen and oxygen atoms in total. The van der Waals surface area contributed by atoms with Crippen LogP contribution in [0.3, 0.4) is 0 Å². The lowest BCUT2D eigenvalue weighted by atomic mass is 10.2. The Morgan fingerprint density at radius 1 is 0.538 bits per heavy atom. The molecule has 0 radical (unpaired) electrons. The van der Waals surface area contributed by atoms with Gasteiger partial charge in [-0.05, 0) is 76.9 Å². The van der Waals surface area contributed by atoms with Crippen LogP contribution >= 0.6 is 0 Å². The van der Waals surface area contributed by atoms with Gasteiger partial charge >= 0.3 is 12.2 Å². The van der Waals surface area contributed by atoms with E-state index in [0.717, 1.165) is 11.1 Å². The summed E-state index contributed by atoms with van der Waals surface area (Å²) in [5, 5.41) is 16.9. The number of carbonyl (C=O) groups is 4. The monoisotopic (exact) mass is 722 g/mol. The van der Waals surface area contributed by atoms with E-state index >= 15 is 0 Å². The van der Waals surface area contributed by atoms with Gasteiger partial charge in [-0.1, -0.05) is 24.3 Å². The molecule has 282 valence electrons. The fourth-order valence-electron chi connectivity index (χ4n) is 4.33. The van der Waals surface area contributed by atoms with Gasteiger partial charge in [0.25, 0.3) is 11.8 Å². The molecule has 52 heavy (non-hydrogen) atoms. The SMILES string of the molecule is COc1ccc(CNc2nc(C(=O)NCCNC(=O)OC(C)(C)C)c(NCc3ccc(OC)cc3)nc2C(=O)NCCNC(=O)OC(C)(C)C)cc1. The number of amides is 4. The number of methoxy groups -OCH3 is 2.